The molecule has 0 bridgehead atoms. The quantitative estimate of drug-likeness (QED) is 0.429. The Hall–Kier alpha value is -4.17. The number of hydrogen-bond donors (Lipinski definition) is 1. The van der Waals surface area contributed by atoms with Crippen molar-refractivity contribution in [2.45, 2.75) is 6.54 Å². The van der Waals surface area contributed by atoms with Crippen LogP contribution in [0.2, 0.25) is 5.02 Å². The number of nitrogens with zero attached hydrogens (tertiary/aromatic N) is 4. The van der Waals surface area contributed by atoms with E-state index in [0.717, 1.165) is 0 Å². The van der Waals surface area contributed by atoms with E-state index >= 15 is 0 Å². The molecular formula is C24H18ClN5O3. The summed E-state index contributed by atoms with van der Waals surface area (Å²) in [7, 11) is 1.52. The first-order valence-electron chi connectivity index (χ1n) is 10.1. The Balaban J connectivity index is 1.62. The monoisotopic (exact) mass is 459 g/mol. The van der Waals surface area contributed by atoms with Gasteiger partial charge in [0.2, 0.25) is 11.7 Å². The van der Waals surface area contributed by atoms with Gasteiger partial charge >= 0.3 is 0 Å². The number of imidazole rings is 1. The third kappa shape index (κ3) is 3.81. The minimum absolute atomic E-state index is 0.0738. The predicted octanol–water partition coefficient (Wildman–Crippen LogP) is 4.01. The number of fused-ring (bicyclic) bond motifs is 3. The summed E-state index contributed by atoms with van der Waals surface area (Å²) in [5, 5.41) is 3.31. The normalized spacial score (nSPS) is 11.1. The standard InChI is InChI=1S/C24H18ClN5O3/c1-33-21-9-8-16(25)11-18(21)27-22(31)14-29-19-6-2-3-7-20(19)30-23(32)12-17(28-24(29)30)15-5-4-10-26-13-15/h2-13H,14H2,1H3,(H,27,31). The maximum absolute atomic E-state index is 13.1. The molecule has 0 spiro atoms. The van der Waals surface area contributed by atoms with Crippen LogP contribution >= 0.6 is 11.6 Å². The molecule has 9 heteroatoms. The number of carbonyl (C=O) groups is 1. The maximum Gasteiger partial charge on any atom is 0.260 e. The summed E-state index contributed by atoms with van der Waals surface area (Å²) in [5.74, 6) is 0.527. The molecule has 0 aliphatic heterocycles. The Morgan fingerprint density at radius 3 is 2.67 bits per heavy atom. The SMILES string of the molecule is COc1ccc(Cl)cc1NC(=O)Cn1c2ccccc2n2c(=O)cc(-c3cccnc3)nc12. The Morgan fingerprint density at radius 2 is 1.91 bits per heavy atom. The molecule has 0 aliphatic carbocycles. The summed E-state index contributed by atoms with van der Waals surface area (Å²) < 4.78 is 8.53. The molecule has 3 aromatic heterocycles. The molecule has 1 N–H and O–H groups in total. The van der Waals surface area contributed by atoms with Crippen molar-refractivity contribution in [1.82, 2.24) is 18.9 Å². The molecule has 0 radical (unpaired) electrons. The van der Waals surface area contributed by atoms with Gasteiger partial charge in [-0.3, -0.25) is 14.6 Å². The first-order valence-corrected chi connectivity index (χ1v) is 10.5. The number of benzene rings is 2. The molecule has 5 aromatic rings. The number of ether oxygens (including phenoxy) is 1. The topological polar surface area (TPSA) is 90.5 Å². The van der Waals surface area contributed by atoms with Crippen LogP contribution in [0, 0.1) is 0 Å². The summed E-state index contributed by atoms with van der Waals surface area (Å²) in [4.78, 5) is 34.9. The van der Waals surface area contributed by atoms with Crippen LogP contribution in [0.1, 0.15) is 0 Å². The summed E-state index contributed by atoms with van der Waals surface area (Å²) in [6.45, 7) is -0.0738. The Kier molecular flexibility index (Phi) is 5.27. The van der Waals surface area contributed by atoms with Gasteiger partial charge in [0.15, 0.2) is 0 Å². The highest BCUT2D eigenvalue weighted by molar-refractivity contribution is 6.31. The van der Waals surface area contributed by atoms with Crippen molar-refractivity contribution >= 4 is 40.0 Å². The van der Waals surface area contributed by atoms with Gasteiger partial charge in [-0.25, -0.2) is 9.38 Å². The number of amides is 1. The van der Waals surface area contributed by atoms with Crippen molar-refractivity contribution < 1.29 is 9.53 Å². The van der Waals surface area contributed by atoms with Gasteiger partial charge in [-0.1, -0.05) is 23.7 Å². The molecule has 5 rings (SSSR count). The third-order valence-electron chi connectivity index (χ3n) is 5.25. The number of methoxy groups -OCH3 is 1. The van der Waals surface area contributed by atoms with Gasteiger partial charge in [0.05, 0.1) is 29.5 Å². The van der Waals surface area contributed by atoms with E-state index in [2.05, 4.69) is 10.3 Å². The second kappa shape index (κ2) is 8.40. The zero-order chi connectivity index (χ0) is 22.9. The van der Waals surface area contributed by atoms with Crippen LogP contribution in [-0.2, 0) is 11.3 Å². The van der Waals surface area contributed by atoms with E-state index < -0.39 is 0 Å². The molecule has 0 saturated heterocycles. The number of para-hydroxylation sites is 2. The van der Waals surface area contributed by atoms with Gasteiger partial charge in [-0.05, 0) is 42.5 Å². The zero-order valence-electron chi connectivity index (χ0n) is 17.5. The maximum atomic E-state index is 13.1. The van der Waals surface area contributed by atoms with Crippen molar-refractivity contribution in [2.75, 3.05) is 12.4 Å². The molecule has 0 saturated carbocycles. The van der Waals surface area contributed by atoms with E-state index in [4.69, 9.17) is 21.3 Å². The van der Waals surface area contributed by atoms with Gasteiger partial charge in [-0.15, -0.1) is 0 Å². The third-order valence-corrected chi connectivity index (χ3v) is 5.49. The number of aromatic nitrogens is 4. The van der Waals surface area contributed by atoms with Crippen LogP contribution < -0.4 is 15.6 Å². The Labute approximate surface area is 193 Å². The predicted molar refractivity (Wildman–Crippen MR) is 127 cm³/mol. The van der Waals surface area contributed by atoms with Crippen molar-refractivity contribution in [3.05, 3.63) is 88.4 Å². The fraction of sp³-hybridized carbons (Fsp3) is 0.0833. The average molecular weight is 460 g/mol. The number of pyridine rings is 1. The molecule has 1 amide bonds. The summed E-state index contributed by atoms with van der Waals surface area (Å²) in [5.41, 5.74) is 2.77. The Bertz CT molecular complexity index is 1560. The number of carbonyl (C=O) groups excluding carboxylic acids is 1. The van der Waals surface area contributed by atoms with Crippen LogP contribution in [0.3, 0.4) is 0 Å². The van der Waals surface area contributed by atoms with E-state index in [9.17, 15) is 9.59 Å². The highest BCUT2D eigenvalue weighted by Gasteiger charge is 2.18. The lowest BCUT2D eigenvalue weighted by Crippen LogP contribution is -2.21. The van der Waals surface area contributed by atoms with Crippen LogP contribution in [0.5, 0.6) is 5.75 Å². The highest BCUT2D eigenvalue weighted by atomic mass is 35.5. The molecule has 33 heavy (non-hydrogen) atoms. The van der Waals surface area contributed by atoms with E-state index in [1.807, 2.05) is 30.3 Å². The fourth-order valence-electron chi connectivity index (χ4n) is 3.80. The van der Waals surface area contributed by atoms with E-state index in [1.165, 1.54) is 17.6 Å². The highest BCUT2D eigenvalue weighted by Crippen LogP contribution is 2.28. The molecule has 164 valence electrons. The summed E-state index contributed by atoms with van der Waals surface area (Å²) in [6.07, 6.45) is 3.30. The largest absolute Gasteiger partial charge is 0.495 e. The number of rotatable bonds is 5. The molecule has 3 heterocycles. The molecule has 0 fully saturated rings. The van der Waals surface area contributed by atoms with Gasteiger partial charge in [-0.2, -0.15) is 0 Å². The fourth-order valence-corrected chi connectivity index (χ4v) is 3.97. The zero-order valence-corrected chi connectivity index (χ0v) is 18.3. The van der Waals surface area contributed by atoms with E-state index in [0.29, 0.717) is 44.5 Å². The minimum Gasteiger partial charge on any atom is -0.495 e. The number of nitrogens with one attached hydrogen (secondary N) is 1. The second-order valence-electron chi connectivity index (χ2n) is 7.32. The number of hydrogen-bond acceptors (Lipinski definition) is 5. The molecule has 8 nitrogen and oxygen atoms in total. The van der Waals surface area contributed by atoms with E-state index in [1.54, 1.807) is 41.2 Å². The number of halogens is 1. The lowest BCUT2D eigenvalue weighted by molar-refractivity contribution is -0.116. The van der Waals surface area contributed by atoms with Gasteiger partial charge in [0.25, 0.3) is 5.56 Å². The smallest absolute Gasteiger partial charge is 0.260 e. The first kappa shape index (κ1) is 20.7. The van der Waals surface area contributed by atoms with Crippen molar-refractivity contribution in [3.63, 3.8) is 0 Å². The van der Waals surface area contributed by atoms with Crippen LogP contribution in [0.25, 0.3) is 28.1 Å². The van der Waals surface area contributed by atoms with Gasteiger partial charge in [0, 0.05) is 29.0 Å². The summed E-state index contributed by atoms with van der Waals surface area (Å²) in [6, 6.07) is 17.4. The van der Waals surface area contributed by atoms with Crippen molar-refractivity contribution in [3.8, 4) is 17.0 Å². The van der Waals surface area contributed by atoms with Crippen LogP contribution in [0.4, 0.5) is 5.69 Å². The van der Waals surface area contributed by atoms with Crippen LogP contribution in [0.15, 0.2) is 77.9 Å². The lowest BCUT2D eigenvalue weighted by Gasteiger charge is -2.12. The number of anilines is 1. The van der Waals surface area contributed by atoms with E-state index in [-0.39, 0.29) is 18.0 Å². The summed E-state index contributed by atoms with van der Waals surface area (Å²) >= 11 is 6.08. The molecule has 0 aliphatic rings. The minimum atomic E-state index is -0.320. The Morgan fingerprint density at radius 1 is 1.09 bits per heavy atom. The molecule has 0 unspecified atom stereocenters. The lowest BCUT2D eigenvalue weighted by atomic mass is 10.2. The average Bonchev–Trinajstić information content (AvgIpc) is 3.14. The van der Waals surface area contributed by atoms with Crippen LogP contribution in [-0.4, -0.2) is 32.0 Å². The molecule has 0 atom stereocenters. The molecule has 2 aromatic carbocycles. The van der Waals surface area contributed by atoms with Gasteiger partial charge < -0.3 is 14.6 Å². The first-order chi connectivity index (χ1) is 16.0. The second-order valence-corrected chi connectivity index (χ2v) is 7.76. The molecular weight excluding hydrogens is 442 g/mol. The van der Waals surface area contributed by atoms with Gasteiger partial charge in [0.1, 0.15) is 12.3 Å². The van der Waals surface area contributed by atoms with Crippen molar-refractivity contribution in [2.24, 2.45) is 0 Å². The van der Waals surface area contributed by atoms with Crippen molar-refractivity contribution in [1.29, 1.82) is 0 Å².